The number of hydrogen-bond acceptors (Lipinski definition) is 12. The predicted molar refractivity (Wildman–Crippen MR) is 282 cm³/mol. The summed E-state index contributed by atoms with van der Waals surface area (Å²) in [5, 5.41) is 17.1. The Hall–Kier alpha value is -7.11. The van der Waals surface area contributed by atoms with Crippen LogP contribution in [0.15, 0.2) is 78.4 Å². The van der Waals surface area contributed by atoms with Gasteiger partial charge in [0.15, 0.2) is 5.82 Å². The molecule has 2 aromatic carbocycles. The lowest BCUT2D eigenvalue weighted by Gasteiger charge is -2.47. The molecule has 73 heavy (non-hydrogen) atoms. The molecule has 1 atom stereocenters. The fraction of sp³-hybridized carbons (Fsp3) is 0.446. The summed E-state index contributed by atoms with van der Waals surface area (Å²) in [5.74, 6) is -0.438. The third-order valence-corrected chi connectivity index (χ3v) is 16.3. The van der Waals surface area contributed by atoms with Crippen LogP contribution < -0.4 is 30.9 Å². The number of aromatic nitrogens is 4. The van der Waals surface area contributed by atoms with Crippen molar-refractivity contribution in [2.75, 3.05) is 64.6 Å². The highest BCUT2D eigenvalue weighted by molar-refractivity contribution is 6.24. The third kappa shape index (κ3) is 8.69. The van der Waals surface area contributed by atoms with Gasteiger partial charge in [-0.25, -0.2) is 9.97 Å². The number of fused-ring (bicyclic) bond motifs is 4. The molecule has 2 aliphatic carbocycles. The van der Waals surface area contributed by atoms with Crippen molar-refractivity contribution in [3.8, 4) is 11.3 Å². The number of amides is 4. The molecule has 0 bridgehead atoms. The van der Waals surface area contributed by atoms with E-state index in [0.717, 1.165) is 95.3 Å². The van der Waals surface area contributed by atoms with Crippen molar-refractivity contribution in [3.63, 3.8) is 0 Å². The number of nitrogens with one attached hydrogen (secondary N) is 2. The first kappa shape index (κ1) is 48.2. The lowest BCUT2D eigenvalue weighted by Crippen LogP contribution is -2.57. The lowest BCUT2D eigenvalue weighted by molar-refractivity contribution is -0.111. The van der Waals surface area contributed by atoms with E-state index < -0.39 is 6.61 Å². The van der Waals surface area contributed by atoms with Crippen LogP contribution in [-0.4, -0.2) is 115 Å². The molecule has 6 aliphatic rings. The van der Waals surface area contributed by atoms with Crippen molar-refractivity contribution in [2.45, 2.75) is 110 Å². The van der Waals surface area contributed by atoms with Crippen molar-refractivity contribution >= 4 is 58.0 Å². The van der Waals surface area contributed by atoms with E-state index in [1.165, 1.54) is 21.9 Å². The molecule has 4 aliphatic heterocycles. The third-order valence-electron chi connectivity index (χ3n) is 16.3. The number of anilines is 6. The Balaban J connectivity index is 0.782. The van der Waals surface area contributed by atoms with E-state index in [1.807, 2.05) is 36.4 Å². The number of aryl methyl sites for hydroxylation is 1. The second-order valence-electron chi connectivity index (χ2n) is 21.6. The highest BCUT2D eigenvalue weighted by Gasteiger charge is 2.43. The molecule has 17 heteroatoms. The van der Waals surface area contributed by atoms with Crippen molar-refractivity contribution < 1.29 is 24.3 Å². The van der Waals surface area contributed by atoms with Crippen LogP contribution in [0, 0.1) is 5.41 Å². The minimum absolute atomic E-state index is 0.0131. The number of benzene rings is 2. The minimum atomic E-state index is -0.413. The van der Waals surface area contributed by atoms with Gasteiger partial charge >= 0.3 is 0 Å². The van der Waals surface area contributed by atoms with Crippen LogP contribution in [0.5, 0.6) is 0 Å². The molecule has 17 nitrogen and oxygen atoms in total. The van der Waals surface area contributed by atoms with Crippen LogP contribution in [-0.2, 0) is 37.8 Å². The Morgan fingerprint density at radius 3 is 2.41 bits per heavy atom. The minimum Gasteiger partial charge on any atom is -0.392 e. The van der Waals surface area contributed by atoms with Gasteiger partial charge in [0.2, 0.25) is 5.91 Å². The topological polar surface area (TPSA) is 181 Å². The summed E-state index contributed by atoms with van der Waals surface area (Å²) in [6, 6.07) is 15.5. The highest BCUT2D eigenvalue weighted by atomic mass is 16.3. The highest BCUT2D eigenvalue weighted by Crippen LogP contribution is 2.42. The maximum Gasteiger partial charge on any atom is 0.293 e. The number of carbonyl (C=O) groups is 4. The lowest BCUT2D eigenvalue weighted by atomic mass is 9.90. The van der Waals surface area contributed by atoms with E-state index in [4.69, 9.17) is 4.98 Å². The van der Waals surface area contributed by atoms with E-state index in [1.54, 1.807) is 41.4 Å². The number of pyridine rings is 1. The van der Waals surface area contributed by atoms with Crippen molar-refractivity contribution in [1.29, 1.82) is 0 Å². The first-order valence-electron chi connectivity index (χ1n) is 26.0. The maximum absolute atomic E-state index is 14.1. The van der Waals surface area contributed by atoms with Gasteiger partial charge in [-0.2, -0.15) is 0 Å². The summed E-state index contributed by atoms with van der Waals surface area (Å²) in [5.41, 5.74) is 8.07. The molecular weight excluding hydrogens is 923 g/mol. The number of hydrogen-bond donors (Lipinski definition) is 3. The zero-order valence-corrected chi connectivity index (χ0v) is 42.3. The fourth-order valence-corrected chi connectivity index (χ4v) is 12.7. The number of nitrogens with zero attached hydrogens (tertiary/aromatic N) is 9. The molecule has 380 valence electrons. The normalized spacial score (nSPS) is 20.3. The Labute approximate surface area is 425 Å². The zero-order valence-electron chi connectivity index (χ0n) is 42.3. The summed E-state index contributed by atoms with van der Waals surface area (Å²) in [6.07, 6.45) is 13.1. The number of aliphatic hydroxyl groups excluding tert-OH is 1. The quantitative estimate of drug-likeness (QED) is 0.0922. The van der Waals surface area contributed by atoms with Crippen LogP contribution in [0.4, 0.5) is 34.4 Å². The molecule has 3 N–H and O–H groups in total. The molecule has 0 spiro atoms. The molecule has 3 fully saturated rings. The molecule has 3 aromatic heterocycles. The molecule has 7 heterocycles. The van der Waals surface area contributed by atoms with E-state index >= 15 is 0 Å². The standard InChI is InChI=1S/C56H65N11O6/c1-6-48(69)59-42-28-36(58-50-55(73)61(5)32-43(60-50)39-17-20-57-51(41(39)33-68)66-26-25-65-46(53(66)71)27-35-29-56(3,4)30-47(35)65)15-16-44(42)64-24-23-63(31-34(64)2)37-18-21-62(22-19-37)45-14-10-13-40-49(45)54(72)67(52(40)70)38-11-8-7-9-12-38/h6,10,13-17,20,27-28,32,34,37-38,68H,1,7-9,11-12,18-19,21-26,29-31,33H2,2-5H3,(H,58,60)(H,59,69). The monoisotopic (exact) mass is 988 g/mol. The van der Waals surface area contributed by atoms with Crippen molar-refractivity contribution in [2.24, 2.45) is 12.5 Å². The molecule has 2 saturated heterocycles. The van der Waals surface area contributed by atoms with Gasteiger partial charge in [-0.3, -0.25) is 38.7 Å². The SMILES string of the molecule is C=CC(=O)Nc1cc(Nc2nc(-c3ccnc(N4CCn5c(cc6c5CC(C)(C)C6)C4=O)c3CO)cn(C)c2=O)ccc1N1CCN(C2CCN(c3cccc4c3C(=O)N(C3CCCCC3)C4=O)CC2)CC1C. The summed E-state index contributed by atoms with van der Waals surface area (Å²) < 4.78 is 3.57. The first-order valence-corrected chi connectivity index (χ1v) is 26.0. The maximum atomic E-state index is 14.1. The fourth-order valence-electron chi connectivity index (χ4n) is 12.7. The molecule has 5 aromatic rings. The molecule has 11 rings (SSSR count). The molecule has 1 unspecified atom stereocenters. The van der Waals surface area contributed by atoms with Gasteiger partial charge in [-0.1, -0.05) is 45.8 Å². The Morgan fingerprint density at radius 2 is 1.66 bits per heavy atom. The second kappa shape index (κ2) is 19.1. The summed E-state index contributed by atoms with van der Waals surface area (Å²) >= 11 is 0. The van der Waals surface area contributed by atoms with E-state index in [0.29, 0.717) is 76.5 Å². The smallest absolute Gasteiger partial charge is 0.293 e. The van der Waals surface area contributed by atoms with Crippen LogP contribution in [0.3, 0.4) is 0 Å². The van der Waals surface area contributed by atoms with E-state index in [2.05, 4.69) is 62.2 Å². The number of aliphatic hydroxyl groups is 1. The molecule has 1 saturated carbocycles. The van der Waals surface area contributed by atoms with Gasteiger partial charge < -0.3 is 34.7 Å². The van der Waals surface area contributed by atoms with Gasteiger partial charge in [0.05, 0.1) is 40.5 Å². The Kier molecular flexibility index (Phi) is 12.6. The number of carbonyl (C=O) groups excluding carboxylic acids is 4. The average Bonchev–Trinajstić information content (AvgIpc) is 3.99. The van der Waals surface area contributed by atoms with Crippen LogP contribution >= 0.6 is 0 Å². The summed E-state index contributed by atoms with van der Waals surface area (Å²) in [6.45, 7) is 14.9. The number of rotatable bonds is 11. The number of piperidine rings is 1. The molecule has 0 radical (unpaired) electrons. The number of piperazine rings is 1. The molecular formula is C56H65N11O6. The molecule has 4 amide bonds. The Morgan fingerprint density at radius 1 is 0.863 bits per heavy atom. The van der Waals surface area contributed by atoms with Crippen molar-refractivity contribution in [3.05, 3.63) is 118 Å². The van der Waals surface area contributed by atoms with Gasteiger partial charge in [-0.15, -0.1) is 0 Å². The van der Waals surface area contributed by atoms with E-state index in [9.17, 15) is 29.1 Å². The summed E-state index contributed by atoms with van der Waals surface area (Å²) in [7, 11) is 1.63. The van der Waals surface area contributed by atoms with Gasteiger partial charge in [0, 0.05) is 106 Å². The largest absolute Gasteiger partial charge is 0.392 e. The predicted octanol–water partition coefficient (Wildman–Crippen LogP) is 6.90. The van der Waals surface area contributed by atoms with Crippen LogP contribution in [0.2, 0.25) is 0 Å². The van der Waals surface area contributed by atoms with Gasteiger partial charge in [-0.05, 0) is 105 Å². The van der Waals surface area contributed by atoms with Crippen LogP contribution in [0.1, 0.15) is 114 Å². The van der Waals surface area contributed by atoms with E-state index in [-0.39, 0.29) is 52.5 Å². The zero-order chi connectivity index (χ0) is 50.9. The van der Waals surface area contributed by atoms with Gasteiger partial charge in [0.25, 0.3) is 23.3 Å². The van der Waals surface area contributed by atoms with Crippen molar-refractivity contribution in [1.82, 2.24) is 28.9 Å². The average molecular weight is 988 g/mol. The Bertz CT molecular complexity index is 3130. The summed E-state index contributed by atoms with van der Waals surface area (Å²) in [4.78, 5) is 87.9. The van der Waals surface area contributed by atoms with Gasteiger partial charge in [0.1, 0.15) is 11.5 Å². The second-order valence-corrected chi connectivity index (χ2v) is 21.6. The first-order chi connectivity index (χ1) is 35.2. The number of imide groups is 1. The van der Waals surface area contributed by atoms with Crippen LogP contribution in [0.25, 0.3) is 11.3 Å².